The first kappa shape index (κ1) is 45.3. The summed E-state index contributed by atoms with van der Waals surface area (Å²) >= 11 is 6.68. The number of sulfonamides is 1. The van der Waals surface area contributed by atoms with Crippen molar-refractivity contribution in [3.8, 4) is 17.1 Å². The molecule has 2 fully saturated rings. The van der Waals surface area contributed by atoms with Gasteiger partial charge < -0.3 is 5.32 Å². The van der Waals surface area contributed by atoms with Crippen molar-refractivity contribution in [3.05, 3.63) is 122 Å². The SMILES string of the molecule is Cc1ccnc(-c2ccc3c(=O)n(-c4ccc(Cl)c5c(NS(=O)(=O)C6CC6)nn(CC(F)F)c45)c([C@H](Cc4cc(F)cc(F)c4)NC(=O)Cn4nc(C(F)F)c5c4C(F)(F)C4(C)CC54)nc3c2)n1. The van der Waals surface area contributed by atoms with Crippen LogP contribution in [-0.4, -0.2) is 65.1 Å². The molecule has 14 nitrogen and oxygen atoms in total. The summed E-state index contributed by atoms with van der Waals surface area (Å²) in [5, 5.41) is 9.24. The molecule has 0 radical (unpaired) electrons. The van der Waals surface area contributed by atoms with Crippen molar-refractivity contribution in [1.29, 1.82) is 0 Å². The number of aryl methyl sites for hydroxylation is 1. The van der Waals surface area contributed by atoms with Crippen molar-refractivity contribution in [2.45, 2.75) is 88.6 Å². The molecule has 3 atom stereocenters. The van der Waals surface area contributed by atoms with E-state index in [0.717, 1.165) is 21.4 Å². The molecule has 3 aromatic carbocycles. The first-order valence-electron chi connectivity index (χ1n) is 21.0. The molecule has 7 aromatic rings. The standard InChI is InChI=1S/C44H35ClF8N10O4S/c1-19-9-10-54-39(55-19)21-3-6-25-28(14-21)57-41(63(42(25)65)30-8-7-27(45)34-36(30)61(17-31(48)49)59-40(34)60-68(66,67)24-4-5-24)29(13-20-11-22(46)15-23(47)12-20)56-32(64)18-62-37-33(35(58-62)38(50)51)26-16-43(26,2)44(37,52)53/h3,6-12,14-15,24,26,29,31,38H,4-5,13,16-18H2,1-2H3,(H,56,64)(H,59,60)/t26?,29-,43?/m0/s1. The maximum absolute atomic E-state index is 16.0. The molecule has 0 bridgehead atoms. The van der Waals surface area contributed by atoms with E-state index >= 15 is 13.6 Å². The van der Waals surface area contributed by atoms with E-state index in [1.165, 1.54) is 43.5 Å². The Morgan fingerprint density at radius 2 is 1.71 bits per heavy atom. The van der Waals surface area contributed by atoms with Crippen molar-refractivity contribution in [2.75, 3.05) is 4.72 Å². The van der Waals surface area contributed by atoms with E-state index in [1.807, 2.05) is 0 Å². The molecule has 1 amide bonds. The van der Waals surface area contributed by atoms with Gasteiger partial charge in [0.25, 0.3) is 24.3 Å². The van der Waals surface area contributed by atoms with Crippen LogP contribution < -0.4 is 15.6 Å². The highest BCUT2D eigenvalue weighted by Crippen LogP contribution is 2.76. The first-order chi connectivity index (χ1) is 32.1. The summed E-state index contributed by atoms with van der Waals surface area (Å²) in [5.41, 5.74) is -4.55. The molecule has 2 unspecified atom stereocenters. The number of alkyl halides is 6. The lowest BCUT2D eigenvalue weighted by Crippen LogP contribution is -2.38. The van der Waals surface area contributed by atoms with Gasteiger partial charge in [0.1, 0.15) is 41.9 Å². The molecule has 10 rings (SSSR count). The Hall–Kier alpha value is -6.49. The first-order valence-corrected chi connectivity index (χ1v) is 22.9. The fourth-order valence-electron chi connectivity index (χ4n) is 9.17. The van der Waals surface area contributed by atoms with Crippen LogP contribution in [0.5, 0.6) is 0 Å². The summed E-state index contributed by atoms with van der Waals surface area (Å²) in [6.07, 6.45) is -4.90. The second kappa shape index (κ2) is 16.1. The number of halogens is 9. The van der Waals surface area contributed by atoms with Gasteiger partial charge in [-0.25, -0.2) is 49.7 Å². The van der Waals surface area contributed by atoms with E-state index in [9.17, 15) is 39.6 Å². The average molecular weight is 987 g/mol. The van der Waals surface area contributed by atoms with Crippen molar-refractivity contribution >= 4 is 55.2 Å². The predicted molar refractivity (Wildman–Crippen MR) is 230 cm³/mol. The van der Waals surface area contributed by atoms with Gasteiger partial charge in [-0.2, -0.15) is 19.0 Å². The Labute approximate surface area is 384 Å². The Morgan fingerprint density at radius 1 is 0.971 bits per heavy atom. The topological polar surface area (TPSA) is 172 Å². The van der Waals surface area contributed by atoms with Crippen LogP contribution in [0.2, 0.25) is 5.02 Å². The van der Waals surface area contributed by atoms with Crippen LogP contribution in [0, 0.1) is 24.0 Å². The molecular weight excluding hydrogens is 952 g/mol. The average Bonchev–Trinajstić information content (AvgIpc) is 4.15. The zero-order valence-electron chi connectivity index (χ0n) is 35.4. The van der Waals surface area contributed by atoms with Crippen LogP contribution in [-0.2, 0) is 40.3 Å². The predicted octanol–water partition coefficient (Wildman–Crippen LogP) is 8.43. The Morgan fingerprint density at radius 3 is 2.38 bits per heavy atom. The maximum Gasteiger partial charge on any atom is 0.295 e. The Bertz CT molecular complexity index is 3420. The number of nitrogens with one attached hydrogen (secondary N) is 2. The highest BCUT2D eigenvalue weighted by Gasteiger charge is 2.75. The molecule has 0 spiro atoms. The molecule has 4 aromatic heterocycles. The van der Waals surface area contributed by atoms with Gasteiger partial charge in [-0.15, -0.1) is 0 Å². The van der Waals surface area contributed by atoms with Crippen molar-refractivity contribution < 1.29 is 48.3 Å². The minimum atomic E-state index is -4.10. The van der Waals surface area contributed by atoms with E-state index in [4.69, 9.17) is 16.6 Å². The lowest BCUT2D eigenvalue weighted by Gasteiger charge is -2.25. The number of hydrogen-bond donors (Lipinski definition) is 2. The van der Waals surface area contributed by atoms with Gasteiger partial charge in [0.2, 0.25) is 15.9 Å². The highest BCUT2D eigenvalue weighted by atomic mass is 35.5. The molecule has 68 heavy (non-hydrogen) atoms. The number of amides is 1. The Balaban J connectivity index is 1.19. The molecule has 0 saturated heterocycles. The zero-order valence-corrected chi connectivity index (χ0v) is 37.0. The summed E-state index contributed by atoms with van der Waals surface area (Å²) in [5.74, 6) is -8.51. The monoisotopic (exact) mass is 986 g/mol. The third-order valence-corrected chi connectivity index (χ3v) is 14.8. The van der Waals surface area contributed by atoms with Crippen LogP contribution in [0.1, 0.15) is 78.6 Å². The minimum Gasteiger partial charge on any atom is -0.344 e. The zero-order chi connectivity index (χ0) is 48.4. The van der Waals surface area contributed by atoms with Crippen LogP contribution in [0.3, 0.4) is 0 Å². The fourth-order valence-corrected chi connectivity index (χ4v) is 10.7. The van der Waals surface area contributed by atoms with Crippen molar-refractivity contribution in [1.82, 2.24) is 44.4 Å². The number of carbonyl (C=O) groups excluding carboxylic acids is 1. The second-order valence-corrected chi connectivity index (χ2v) is 19.7. The highest BCUT2D eigenvalue weighted by molar-refractivity contribution is 7.93. The quantitative estimate of drug-likeness (QED) is 0.102. The molecule has 3 aliphatic carbocycles. The fraction of sp³-hybridized carbons (Fsp3) is 0.341. The van der Waals surface area contributed by atoms with Crippen molar-refractivity contribution in [2.24, 2.45) is 5.41 Å². The van der Waals surface area contributed by atoms with Gasteiger partial charge in [-0.05, 0) is 74.2 Å². The Kier molecular flexibility index (Phi) is 10.7. The number of nitrogens with zero attached hydrogens (tertiary/aromatic N) is 8. The van der Waals surface area contributed by atoms with Crippen LogP contribution >= 0.6 is 11.6 Å². The third kappa shape index (κ3) is 7.62. The van der Waals surface area contributed by atoms with E-state index < -0.39 is 117 Å². The van der Waals surface area contributed by atoms with Crippen LogP contribution in [0.15, 0.2) is 65.6 Å². The lowest BCUT2D eigenvalue weighted by atomic mass is 10.0. The summed E-state index contributed by atoms with van der Waals surface area (Å²) in [6, 6.07) is 9.16. The van der Waals surface area contributed by atoms with Gasteiger partial charge in [0.15, 0.2) is 11.6 Å². The molecule has 4 heterocycles. The van der Waals surface area contributed by atoms with Gasteiger partial charge in [-0.1, -0.05) is 24.6 Å². The van der Waals surface area contributed by atoms with Gasteiger partial charge in [0.05, 0.1) is 43.8 Å². The maximum atomic E-state index is 16.0. The number of hydrogen-bond acceptors (Lipinski definition) is 9. The summed E-state index contributed by atoms with van der Waals surface area (Å²) < 4.78 is 150. The van der Waals surface area contributed by atoms with Crippen molar-refractivity contribution in [3.63, 3.8) is 0 Å². The summed E-state index contributed by atoms with van der Waals surface area (Å²) in [7, 11) is -4.10. The normalized spacial score (nSPS) is 18.9. The van der Waals surface area contributed by atoms with Crippen LogP contribution in [0.4, 0.5) is 40.9 Å². The van der Waals surface area contributed by atoms with E-state index in [0.29, 0.717) is 34.8 Å². The second-order valence-electron chi connectivity index (χ2n) is 17.4. The van der Waals surface area contributed by atoms with E-state index in [2.05, 4.69) is 30.2 Å². The summed E-state index contributed by atoms with van der Waals surface area (Å²) in [6.45, 7) is 0.735. The smallest absolute Gasteiger partial charge is 0.295 e. The number of rotatable bonds is 14. The molecule has 354 valence electrons. The number of fused-ring (bicyclic) bond motifs is 5. The van der Waals surface area contributed by atoms with E-state index in [-0.39, 0.29) is 55.9 Å². The number of benzene rings is 3. The number of carbonyl (C=O) groups is 1. The lowest BCUT2D eigenvalue weighted by molar-refractivity contribution is -0.123. The van der Waals surface area contributed by atoms with E-state index in [1.54, 1.807) is 13.0 Å². The molecule has 3 aliphatic rings. The van der Waals surface area contributed by atoms with Gasteiger partial charge >= 0.3 is 0 Å². The number of aromatic nitrogens is 8. The number of anilines is 1. The molecule has 2 N–H and O–H groups in total. The largest absolute Gasteiger partial charge is 0.344 e. The molecule has 2 saturated carbocycles. The molecule has 0 aliphatic heterocycles. The molecular formula is C44H35ClF8N10O4S. The summed E-state index contributed by atoms with van der Waals surface area (Å²) in [4.78, 5) is 43.0. The third-order valence-electron chi connectivity index (χ3n) is 12.7. The van der Waals surface area contributed by atoms with Crippen LogP contribution in [0.25, 0.3) is 38.9 Å². The molecule has 24 heteroatoms. The minimum absolute atomic E-state index is 0.0590. The van der Waals surface area contributed by atoms with Gasteiger partial charge in [0, 0.05) is 46.8 Å². The van der Waals surface area contributed by atoms with Gasteiger partial charge in [-0.3, -0.25) is 28.2 Å².